The standard InChI is InChI=1S/C15H18F3NO/c16-15(17,18)13-8-4-7-12(9-13)14(20)19-10-11-5-2-1-3-6-11/h1-3,5-6,12-13H,4,7-10H2,(H,19,20). The molecule has 1 saturated carbocycles. The number of carbonyl (C=O) groups excluding carboxylic acids is 1. The Kier molecular flexibility index (Phi) is 4.68. The van der Waals surface area contributed by atoms with Crippen LogP contribution in [0.2, 0.25) is 0 Å². The fraction of sp³-hybridized carbons (Fsp3) is 0.533. The van der Waals surface area contributed by atoms with Crippen molar-refractivity contribution >= 4 is 5.91 Å². The Hall–Kier alpha value is -1.52. The van der Waals surface area contributed by atoms with Crippen LogP contribution in [0.5, 0.6) is 0 Å². The number of rotatable bonds is 3. The molecule has 0 aromatic heterocycles. The van der Waals surface area contributed by atoms with E-state index in [0.717, 1.165) is 5.56 Å². The van der Waals surface area contributed by atoms with E-state index in [1.165, 1.54) is 0 Å². The van der Waals surface area contributed by atoms with Crippen molar-refractivity contribution in [1.82, 2.24) is 5.32 Å². The van der Waals surface area contributed by atoms with Crippen LogP contribution in [-0.4, -0.2) is 12.1 Å². The van der Waals surface area contributed by atoms with Gasteiger partial charge in [-0.3, -0.25) is 4.79 Å². The van der Waals surface area contributed by atoms with Crippen molar-refractivity contribution in [2.45, 2.75) is 38.4 Å². The number of carbonyl (C=O) groups is 1. The predicted octanol–water partition coefficient (Wildman–Crippen LogP) is 3.67. The number of halogens is 3. The van der Waals surface area contributed by atoms with E-state index in [4.69, 9.17) is 0 Å². The average molecular weight is 285 g/mol. The van der Waals surface area contributed by atoms with E-state index >= 15 is 0 Å². The van der Waals surface area contributed by atoms with Crippen LogP contribution in [0, 0.1) is 11.8 Å². The fourth-order valence-corrected chi connectivity index (χ4v) is 2.65. The molecular formula is C15H18F3NO. The van der Waals surface area contributed by atoms with Crippen molar-refractivity contribution in [3.63, 3.8) is 0 Å². The predicted molar refractivity (Wildman–Crippen MR) is 69.8 cm³/mol. The number of alkyl halides is 3. The molecule has 1 aliphatic rings. The van der Waals surface area contributed by atoms with E-state index in [2.05, 4.69) is 5.32 Å². The van der Waals surface area contributed by atoms with Crippen molar-refractivity contribution in [2.75, 3.05) is 0 Å². The van der Waals surface area contributed by atoms with Gasteiger partial charge in [-0.2, -0.15) is 13.2 Å². The normalized spacial score (nSPS) is 23.4. The molecule has 2 unspecified atom stereocenters. The summed E-state index contributed by atoms with van der Waals surface area (Å²) in [6, 6.07) is 9.35. The summed E-state index contributed by atoms with van der Waals surface area (Å²) in [5.74, 6) is -2.11. The molecule has 1 amide bonds. The van der Waals surface area contributed by atoms with E-state index in [-0.39, 0.29) is 18.7 Å². The molecule has 1 N–H and O–H groups in total. The molecule has 0 saturated heterocycles. The second-order valence-corrected chi connectivity index (χ2v) is 5.31. The van der Waals surface area contributed by atoms with Gasteiger partial charge in [0.15, 0.2) is 0 Å². The molecule has 1 aromatic carbocycles. The van der Waals surface area contributed by atoms with Crippen LogP contribution in [-0.2, 0) is 11.3 Å². The zero-order valence-electron chi connectivity index (χ0n) is 11.1. The topological polar surface area (TPSA) is 29.1 Å². The summed E-state index contributed by atoms with van der Waals surface area (Å²) in [7, 11) is 0. The maximum Gasteiger partial charge on any atom is 0.391 e. The molecule has 20 heavy (non-hydrogen) atoms. The van der Waals surface area contributed by atoms with Gasteiger partial charge < -0.3 is 5.32 Å². The lowest BCUT2D eigenvalue weighted by Gasteiger charge is -2.29. The molecule has 2 atom stereocenters. The van der Waals surface area contributed by atoms with E-state index in [1.54, 1.807) is 0 Å². The summed E-state index contributed by atoms with van der Waals surface area (Å²) in [6.45, 7) is 0.368. The third-order valence-electron chi connectivity index (χ3n) is 3.82. The molecule has 0 spiro atoms. The van der Waals surface area contributed by atoms with Crippen molar-refractivity contribution in [2.24, 2.45) is 11.8 Å². The van der Waals surface area contributed by atoms with Crippen LogP contribution in [0.25, 0.3) is 0 Å². The monoisotopic (exact) mass is 285 g/mol. The number of benzene rings is 1. The highest BCUT2D eigenvalue weighted by molar-refractivity contribution is 5.78. The molecular weight excluding hydrogens is 267 g/mol. The summed E-state index contributed by atoms with van der Waals surface area (Å²) in [5.41, 5.74) is 0.948. The van der Waals surface area contributed by atoms with Crippen LogP contribution < -0.4 is 5.32 Å². The van der Waals surface area contributed by atoms with Crippen molar-refractivity contribution in [1.29, 1.82) is 0 Å². The smallest absolute Gasteiger partial charge is 0.352 e. The van der Waals surface area contributed by atoms with E-state index < -0.39 is 18.0 Å². The zero-order valence-corrected chi connectivity index (χ0v) is 11.1. The fourth-order valence-electron chi connectivity index (χ4n) is 2.65. The van der Waals surface area contributed by atoms with Crippen molar-refractivity contribution in [3.8, 4) is 0 Å². The van der Waals surface area contributed by atoms with Gasteiger partial charge in [-0.25, -0.2) is 0 Å². The van der Waals surface area contributed by atoms with Crippen molar-refractivity contribution < 1.29 is 18.0 Å². The van der Waals surface area contributed by atoms with Crippen LogP contribution in [0.15, 0.2) is 30.3 Å². The minimum atomic E-state index is -4.18. The lowest BCUT2D eigenvalue weighted by atomic mass is 9.80. The SMILES string of the molecule is O=C(NCc1ccccc1)C1CCCC(C(F)(F)F)C1. The summed E-state index contributed by atoms with van der Waals surface area (Å²) in [5, 5.41) is 2.73. The third-order valence-corrected chi connectivity index (χ3v) is 3.82. The maximum atomic E-state index is 12.7. The summed E-state index contributed by atoms with van der Waals surface area (Å²) >= 11 is 0. The quantitative estimate of drug-likeness (QED) is 0.902. The molecule has 1 aromatic rings. The van der Waals surface area contributed by atoms with Gasteiger partial charge in [-0.05, 0) is 24.8 Å². The Labute approximate surface area is 116 Å². The third kappa shape index (κ3) is 3.99. The van der Waals surface area contributed by atoms with Crippen molar-refractivity contribution in [3.05, 3.63) is 35.9 Å². The van der Waals surface area contributed by atoms with Gasteiger partial charge in [0.1, 0.15) is 0 Å². The zero-order chi connectivity index (χ0) is 14.6. The lowest BCUT2D eigenvalue weighted by molar-refractivity contribution is -0.186. The minimum Gasteiger partial charge on any atom is -0.352 e. The molecule has 0 heterocycles. The lowest BCUT2D eigenvalue weighted by Crippen LogP contribution is -2.37. The minimum absolute atomic E-state index is 0.0792. The molecule has 5 heteroatoms. The van der Waals surface area contributed by atoms with Gasteiger partial charge in [0.25, 0.3) is 0 Å². The summed E-state index contributed by atoms with van der Waals surface area (Å²) in [4.78, 5) is 12.0. The maximum absolute atomic E-state index is 12.7. The first-order valence-electron chi connectivity index (χ1n) is 6.85. The van der Waals surface area contributed by atoms with Gasteiger partial charge in [0.05, 0.1) is 5.92 Å². The molecule has 2 nitrogen and oxygen atoms in total. The van der Waals surface area contributed by atoms with Gasteiger partial charge >= 0.3 is 6.18 Å². The summed E-state index contributed by atoms with van der Waals surface area (Å²) < 4.78 is 38.1. The van der Waals surface area contributed by atoms with Gasteiger partial charge in [0, 0.05) is 12.5 Å². The molecule has 0 bridgehead atoms. The second-order valence-electron chi connectivity index (χ2n) is 5.31. The van der Waals surface area contributed by atoms with Crippen LogP contribution in [0.3, 0.4) is 0 Å². The Balaban J connectivity index is 1.86. The Morgan fingerprint density at radius 2 is 1.90 bits per heavy atom. The second kappa shape index (κ2) is 6.29. The van der Waals surface area contributed by atoms with Gasteiger partial charge in [-0.1, -0.05) is 36.8 Å². The summed E-state index contributed by atoms with van der Waals surface area (Å²) in [6.07, 6.45) is -3.10. The number of amides is 1. The van der Waals surface area contributed by atoms with Crippen LogP contribution >= 0.6 is 0 Å². The van der Waals surface area contributed by atoms with E-state index in [1.807, 2.05) is 30.3 Å². The van der Waals surface area contributed by atoms with E-state index in [0.29, 0.717) is 19.4 Å². The average Bonchev–Trinajstić information content (AvgIpc) is 2.45. The Bertz CT molecular complexity index is 444. The highest BCUT2D eigenvalue weighted by Gasteiger charge is 2.43. The number of nitrogens with one attached hydrogen (secondary N) is 1. The molecule has 1 fully saturated rings. The first-order valence-corrected chi connectivity index (χ1v) is 6.85. The van der Waals surface area contributed by atoms with Gasteiger partial charge in [-0.15, -0.1) is 0 Å². The van der Waals surface area contributed by atoms with Crippen LogP contribution in [0.1, 0.15) is 31.2 Å². The molecule has 1 aliphatic carbocycles. The van der Waals surface area contributed by atoms with E-state index in [9.17, 15) is 18.0 Å². The van der Waals surface area contributed by atoms with Gasteiger partial charge in [0.2, 0.25) is 5.91 Å². The highest BCUT2D eigenvalue weighted by atomic mass is 19.4. The first-order chi connectivity index (χ1) is 9.47. The largest absolute Gasteiger partial charge is 0.391 e. The first kappa shape index (κ1) is 14.9. The molecule has 0 aliphatic heterocycles. The molecule has 110 valence electrons. The number of hydrogen-bond acceptors (Lipinski definition) is 1. The molecule has 0 radical (unpaired) electrons. The Morgan fingerprint density at radius 3 is 2.55 bits per heavy atom. The molecule has 2 rings (SSSR count). The van der Waals surface area contributed by atoms with Crippen LogP contribution in [0.4, 0.5) is 13.2 Å². The highest BCUT2D eigenvalue weighted by Crippen LogP contribution is 2.39. The Morgan fingerprint density at radius 1 is 1.20 bits per heavy atom. The number of hydrogen-bond donors (Lipinski definition) is 1.